The smallest absolute Gasteiger partial charge is 0.380 e. The maximum Gasteiger partial charge on any atom is 0.417 e. The van der Waals surface area contributed by atoms with Gasteiger partial charge in [-0.3, -0.25) is 4.79 Å². The zero-order valence-corrected chi connectivity index (χ0v) is 19.9. The van der Waals surface area contributed by atoms with Crippen LogP contribution in [0.5, 0.6) is 0 Å². The van der Waals surface area contributed by atoms with Crippen LogP contribution in [-0.4, -0.2) is 29.7 Å². The summed E-state index contributed by atoms with van der Waals surface area (Å²) in [5, 5.41) is 31.2. The molecule has 2 aromatic carbocycles. The molecule has 3 atom stereocenters. The van der Waals surface area contributed by atoms with Crippen LogP contribution in [0.1, 0.15) is 43.4 Å². The fourth-order valence-electron chi connectivity index (χ4n) is 5.21. The average molecular weight is 495 g/mol. The van der Waals surface area contributed by atoms with Crippen molar-refractivity contribution in [1.29, 1.82) is 10.5 Å². The first-order valence-corrected chi connectivity index (χ1v) is 11.5. The summed E-state index contributed by atoms with van der Waals surface area (Å²) in [5.74, 6) is -0.305. The summed E-state index contributed by atoms with van der Waals surface area (Å²) in [4.78, 5) is 15.1. The van der Waals surface area contributed by atoms with Crippen LogP contribution in [0.25, 0.3) is 0 Å². The van der Waals surface area contributed by atoms with Crippen molar-refractivity contribution >= 4 is 17.3 Å². The fourth-order valence-corrected chi connectivity index (χ4v) is 5.21. The van der Waals surface area contributed by atoms with E-state index >= 15 is 0 Å². The van der Waals surface area contributed by atoms with E-state index in [1.807, 2.05) is 12.1 Å². The van der Waals surface area contributed by atoms with Crippen molar-refractivity contribution in [2.45, 2.75) is 38.5 Å². The lowest BCUT2D eigenvalue weighted by molar-refractivity contribution is -0.138. The Hall–Kier alpha value is -3.82. The number of nitrogens with one attached hydrogen (secondary N) is 1. The zero-order chi connectivity index (χ0) is 26.3. The number of nitrogens with zero attached hydrogens (tertiary/aromatic N) is 3. The van der Waals surface area contributed by atoms with Gasteiger partial charge in [0.25, 0.3) is 5.91 Å². The predicted octanol–water partition coefficient (Wildman–Crippen LogP) is 5.00. The van der Waals surface area contributed by atoms with Gasteiger partial charge in [0.15, 0.2) is 0 Å². The van der Waals surface area contributed by atoms with Crippen molar-refractivity contribution in [3.05, 3.63) is 70.3 Å². The van der Waals surface area contributed by atoms with Crippen molar-refractivity contribution in [2.75, 3.05) is 23.3 Å². The molecule has 2 unspecified atom stereocenters. The second-order valence-electron chi connectivity index (χ2n) is 9.70. The molecule has 6 nitrogen and oxygen atoms in total. The molecule has 2 aliphatic rings. The molecule has 1 amide bonds. The molecule has 0 bridgehead atoms. The third kappa shape index (κ3) is 4.93. The van der Waals surface area contributed by atoms with E-state index in [4.69, 9.17) is 10.5 Å². The predicted molar refractivity (Wildman–Crippen MR) is 128 cm³/mol. The first-order valence-electron chi connectivity index (χ1n) is 11.5. The quantitative estimate of drug-likeness (QED) is 0.570. The normalized spacial score (nSPS) is 20.9. The van der Waals surface area contributed by atoms with Crippen LogP contribution >= 0.6 is 0 Å². The van der Waals surface area contributed by atoms with Crippen molar-refractivity contribution < 1.29 is 23.1 Å². The molecule has 4 rings (SSSR count). The van der Waals surface area contributed by atoms with E-state index in [1.165, 1.54) is 24.6 Å². The van der Waals surface area contributed by atoms with Crippen LogP contribution in [0.2, 0.25) is 0 Å². The Morgan fingerprint density at radius 3 is 2.42 bits per heavy atom. The van der Waals surface area contributed by atoms with Gasteiger partial charge in [-0.15, -0.1) is 0 Å². The number of piperidine rings is 1. The second kappa shape index (κ2) is 9.33. The number of carbonyl (C=O) groups is 1. The number of hydrogen-bond acceptors (Lipinski definition) is 5. The molecule has 0 radical (unpaired) electrons. The number of alkyl halides is 3. The molecule has 2 N–H and O–H groups in total. The Bertz CT molecular complexity index is 1300. The second-order valence-corrected chi connectivity index (χ2v) is 9.70. The Kier molecular flexibility index (Phi) is 6.55. The molecule has 1 aliphatic heterocycles. The molecule has 1 fully saturated rings. The number of amides is 1. The Morgan fingerprint density at radius 2 is 1.83 bits per heavy atom. The third-order valence-corrected chi connectivity index (χ3v) is 6.92. The summed E-state index contributed by atoms with van der Waals surface area (Å²) in [6.45, 7) is 5.02. The molecule has 1 heterocycles. The summed E-state index contributed by atoms with van der Waals surface area (Å²) < 4.78 is 39.7. The van der Waals surface area contributed by atoms with E-state index in [0.29, 0.717) is 17.5 Å². The van der Waals surface area contributed by atoms with Crippen molar-refractivity contribution in [3.63, 3.8) is 0 Å². The van der Waals surface area contributed by atoms with Gasteiger partial charge in [-0.25, -0.2) is 0 Å². The van der Waals surface area contributed by atoms with E-state index in [1.54, 1.807) is 12.1 Å². The largest absolute Gasteiger partial charge is 0.417 e. The molecule has 1 saturated heterocycles. The van der Waals surface area contributed by atoms with Crippen LogP contribution in [0.3, 0.4) is 0 Å². The third-order valence-electron chi connectivity index (χ3n) is 6.92. The van der Waals surface area contributed by atoms with Gasteiger partial charge >= 0.3 is 6.18 Å². The minimum absolute atomic E-state index is 0.0915. The van der Waals surface area contributed by atoms with Crippen LogP contribution in [-0.2, 0) is 11.0 Å². The van der Waals surface area contributed by atoms with E-state index in [-0.39, 0.29) is 18.0 Å². The van der Waals surface area contributed by atoms with Crippen LogP contribution in [0.4, 0.5) is 24.5 Å². The Labute approximate surface area is 207 Å². The van der Waals surface area contributed by atoms with Crippen LogP contribution in [0.15, 0.2) is 53.6 Å². The number of carbonyl (C=O) groups excluding carboxylic acids is 1. The summed E-state index contributed by atoms with van der Waals surface area (Å²) >= 11 is 0. The monoisotopic (exact) mass is 494 g/mol. The zero-order valence-electron chi connectivity index (χ0n) is 19.9. The lowest BCUT2D eigenvalue weighted by Gasteiger charge is -2.48. The number of nitriles is 2. The van der Waals surface area contributed by atoms with E-state index in [0.717, 1.165) is 36.8 Å². The molecular weight excluding hydrogens is 469 g/mol. The molecule has 0 saturated carbocycles. The number of fused-ring (bicyclic) bond motifs is 1. The highest BCUT2D eigenvalue weighted by molar-refractivity contribution is 5.97. The standard InChI is InChI=1S/C27H25F3N4O2/c1-16-14-34(22-7-3-17(12-31)4-8-22)15-20-9-19(24(16)20)11-26(2,36)25(35)33-21-6-5-18(13-32)23(10-21)27(28,29)30/h3-8,10,16,20,36H,9,11,14-15H2,1-2H3,(H,33,35)/t16?,20?,26-/m0/s1. The van der Waals surface area contributed by atoms with Gasteiger partial charge in [-0.05, 0) is 61.7 Å². The highest BCUT2D eigenvalue weighted by Gasteiger charge is 2.42. The molecule has 36 heavy (non-hydrogen) atoms. The molecule has 0 aromatic heterocycles. The van der Waals surface area contributed by atoms with Crippen molar-refractivity contribution in [1.82, 2.24) is 0 Å². The van der Waals surface area contributed by atoms with Gasteiger partial charge in [-0.1, -0.05) is 18.1 Å². The number of halogens is 3. The maximum atomic E-state index is 13.2. The fraction of sp³-hybridized carbons (Fsp3) is 0.370. The first kappa shape index (κ1) is 25.3. The summed E-state index contributed by atoms with van der Waals surface area (Å²) in [6.07, 6.45) is -3.93. The summed E-state index contributed by atoms with van der Waals surface area (Å²) in [5.41, 5.74) is 0.238. The molecule has 0 spiro atoms. The number of benzene rings is 2. The molecular formula is C27H25F3N4O2. The molecule has 9 heteroatoms. The van der Waals surface area contributed by atoms with Gasteiger partial charge in [0.2, 0.25) is 0 Å². The van der Waals surface area contributed by atoms with Gasteiger partial charge in [0, 0.05) is 36.8 Å². The highest BCUT2D eigenvalue weighted by atomic mass is 19.4. The van der Waals surface area contributed by atoms with E-state index in [2.05, 4.69) is 23.2 Å². The Balaban J connectivity index is 1.44. The number of anilines is 2. The van der Waals surface area contributed by atoms with Crippen LogP contribution < -0.4 is 10.2 Å². The summed E-state index contributed by atoms with van der Waals surface area (Å²) in [7, 11) is 0. The minimum Gasteiger partial charge on any atom is -0.380 e. The Morgan fingerprint density at radius 1 is 1.14 bits per heavy atom. The van der Waals surface area contributed by atoms with E-state index in [9.17, 15) is 23.1 Å². The van der Waals surface area contributed by atoms with Gasteiger partial charge in [0.1, 0.15) is 5.60 Å². The van der Waals surface area contributed by atoms with Crippen LogP contribution in [0, 0.1) is 34.5 Å². The van der Waals surface area contributed by atoms with Crippen molar-refractivity contribution in [3.8, 4) is 12.1 Å². The average Bonchev–Trinajstić information content (AvgIpc) is 2.81. The van der Waals surface area contributed by atoms with Gasteiger partial charge in [0.05, 0.1) is 28.8 Å². The molecule has 1 aliphatic carbocycles. The minimum atomic E-state index is -4.75. The molecule has 2 aromatic rings. The van der Waals surface area contributed by atoms with E-state index < -0.39 is 28.8 Å². The van der Waals surface area contributed by atoms with Crippen molar-refractivity contribution in [2.24, 2.45) is 11.8 Å². The number of rotatable bonds is 5. The van der Waals surface area contributed by atoms with Gasteiger partial charge in [-0.2, -0.15) is 23.7 Å². The SMILES string of the molecule is CC1CN(c2ccc(C#N)cc2)CC2CC(C[C@](C)(O)C(=O)Nc3ccc(C#N)c(C(F)(F)F)c3)=C12. The number of hydrogen-bond donors (Lipinski definition) is 2. The molecule has 186 valence electrons. The summed E-state index contributed by atoms with van der Waals surface area (Å²) in [6, 6.07) is 14.0. The lowest BCUT2D eigenvalue weighted by Crippen LogP contribution is -2.48. The van der Waals surface area contributed by atoms with Gasteiger partial charge < -0.3 is 15.3 Å². The lowest BCUT2D eigenvalue weighted by atomic mass is 9.66. The highest BCUT2D eigenvalue weighted by Crippen LogP contribution is 2.47. The maximum absolute atomic E-state index is 13.2. The number of aliphatic hydroxyl groups is 1. The first-order chi connectivity index (χ1) is 16.9. The topological polar surface area (TPSA) is 100 Å².